The van der Waals surface area contributed by atoms with Crippen LogP contribution < -0.4 is 5.32 Å². The average Bonchev–Trinajstić information content (AvgIpc) is 3.16. The highest BCUT2D eigenvalue weighted by atomic mass is 35.5. The van der Waals surface area contributed by atoms with Crippen molar-refractivity contribution in [2.45, 2.75) is 41.3 Å². The number of hydrogen-bond acceptors (Lipinski definition) is 5. The van der Waals surface area contributed by atoms with Gasteiger partial charge in [-0.3, -0.25) is 4.79 Å². The predicted molar refractivity (Wildman–Crippen MR) is 114 cm³/mol. The second-order valence-corrected chi connectivity index (χ2v) is 9.94. The monoisotopic (exact) mass is 490 g/mol. The molecular weight excluding hydrogens is 464 g/mol. The van der Waals surface area contributed by atoms with Crippen molar-refractivity contribution in [2.24, 2.45) is 11.8 Å². The highest BCUT2D eigenvalue weighted by Gasteiger charge is 2.55. The van der Waals surface area contributed by atoms with Gasteiger partial charge in [-0.1, -0.05) is 11.6 Å². The van der Waals surface area contributed by atoms with E-state index in [2.05, 4.69) is 5.32 Å². The molecule has 10 heteroatoms. The number of halogens is 3. The third kappa shape index (κ3) is 3.91. The number of nitrogens with one attached hydrogen (secondary N) is 1. The summed E-state index contributed by atoms with van der Waals surface area (Å²) < 4.78 is 97.6. The van der Waals surface area contributed by atoms with Crippen LogP contribution in [0, 0.1) is 23.5 Å². The van der Waals surface area contributed by atoms with E-state index in [4.69, 9.17) is 18.5 Å². The Labute approximate surface area is 196 Å². The first-order valence-electron chi connectivity index (χ1n) is 12.1. The molecule has 6 nitrogen and oxygen atoms in total. The first-order valence-corrected chi connectivity index (χ1v) is 11.5. The second kappa shape index (κ2) is 8.37. The summed E-state index contributed by atoms with van der Waals surface area (Å²) in [6, 6.07) is 5.36. The van der Waals surface area contributed by atoms with Crippen molar-refractivity contribution in [3.8, 4) is 0 Å². The Balaban J connectivity index is 1.81. The normalized spacial score (nSPS) is 35.1. The lowest BCUT2D eigenvalue weighted by molar-refractivity contribution is -0.0943. The van der Waals surface area contributed by atoms with Gasteiger partial charge in [0, 0.05) is 24.2 Å². The van der Waals surface area contributed by atoms with Crippen molar-refractivity contribution < 1.29 is 39.1 Å². The van der Waals surface area contributed by atoms with E-state index in [1.807, 2.05) is 0 Å². The Kier molecular flexibility index (Phi) is 4.55. The highest BCUT2D eigenvalue weighted by molar-refractivity contribution is 7.92. The van der Waals surface area contributed by atoms with E-state index in [1.165, 1.54) is 0 Å². The van der Waals surface area contributed by atoms with Crippen molar-refractivity contribution >= 4 is 33.0 Å². The van der Waals surface area contributed by atoms with Gasteiger partial charge in [-0.25, -0.2) is 17.2 Å². The summed E-state index contributed by atoms with van der Waals surface area (Å²) in [5, 5.41) is 18.9. The molecule has 32 heavy (non-hydrogen) atoms. The molecule has 1 amide bonds. The fourth-order valence-electron chi connectivity index (χ4n) is 3.94. The first kappa shape index (κ1) is 17.4. The Morgan fingerprint density at radius 2 is 1.84 bits per heavy atom. The van der Waals surface area contributed by atoms with Crippen molar-refractivity contribution in [3.05, 3.63) is 58.6 Å². The molecule has 0 aromatic heterocycles. The zero-order valence-corrected chi connectivity index (χ0v) is 18.0. The van der Waals surface area contributed by atoms with Crippen LogP contribution in [0.4, 0.5) is 14.5 Å². The number of fused-ring (bicyclic) bond motifs is 2. The molecule has 0 spiro atoms. The molecule has 2 aromatic rings. The number of aliphatic hydroxyl groups excluding tert-OH is 1. The number of rotatable bonds is 5. The molecule has 2 aliphatic carbocycles. The van der Waals surface area contributed by atoms with E-state index < -0.39 is 79.3 Å². The Morgan fingerprint density at radius 1 is 1.19 bits per heavy atom. The number of sulfone groups is 1. The number of anilines is 1. The lowest BCUT2D eigenvalue weighted by atomic mass is 9.75. The minimum absolute atomic E-state index is 0.153. The number of carbonyl (C=O) groups is 1. The van der Waals surface area contributed by atoms with Crippen LogP contribution in [-0.4, -0.2) is 42.0 Å². The van der Waals surface area contributed by atoms with E-state index in [9.17, 15) is 32.2 Å². The molecule has 2 saturated carbocycles. The van der Waals surface area contributed by atoms with Crippen LogP contribution in [0.2, 0.25) is 5.02 Å². The fraction of sp³-hybridized carbons (Fsp3) is 0.409. The van der Waals surface area contributed by atoms with Gasteiger partial charge in [-0.2, -0.15) is 0 Å². The van der Waals surface area contributed by atoms with Gasteiger partial charge in [-0.15, -0.1) is 0 Å². The van der Waals surface area contributed by atoms with Gasteiger partial charge < -0.3 is 15.5 Å². The molecule has 3 unspecified atom stereocenters. The SMILES string of the molecule is [2H]C1([2H])C2CC[C@H](C2(O)CO)C([2H])([2H])C1([2H])S(=O)(=O)c1cc(C(=O)Nc2ccc(F)c(F)c2)ccc1Cl. The number of aliphatic hydroxyl groups is 2. The molecule has 2 fully saturated rings. The summed E-state index contributed by atoms with van der Waals surface area (Å²) in [6.07, 6.45) is -6.75. The number of hydrogen-bond donors (Lipinski definition) is 3. The van der Waals surface area contributed by atoms with Crippen LogP contribution in [0.15, 0.2) is 41.3 Å². The molecule has 3 N–H and O–H groups in total. The lowest BCUT2D eigenvalue weighted by Gasteiger charge is -2.41. The van der Waals surface area contributed by atoms with E-state index >= 15 is 0 Å². The fourth-order valence-corrected chi connectivity index (χ4v) is 5.79. The van der Waals surface area contributed by atoms with E-state index in [1.54, 1.807) is 0 Å². The van der Waals surface area contributed by atoms with Crippen LogP contribution in [0.5, 0.6) is 0 Å². The van der Waals surface area contributed by atoms with Crippen LogP contribution >= 0.6 is 11.6 Å². The number of amides is 1. The van der Waals surface area contributed by atoms with Crippen molar-refractivity contribution in [3.63, 3.8) is 0 Å². The van der Waals surface area contributed by atoms with Crippen molar-refractivity contribution in [2.75, 3.05) is 11.9 Å². The predicted octanol–water partition coefficient (Wildman–Crippen LogP) is 3.56. The summed E-state index contributed by atoms with van der Waals surface area (Å²) in [7, 11) is -5.33. The van der Waals surface area contributed by atoms with Gasteiger partial charge in [0.2, 0.25) is 0 Å². The molecule has 0 aliphatic heterocycles. The summed E-state index contributed by atoms with van der Waals surface area (Å²) in [5.74, 6) is -6.53. The van der Waals surface area contributed by atoms with Gasteiger partial charge in [0.15, 0.2) is 21.5 Å². The molecule has 0 radical (unpaired) electrons. The maximum atomic E-state index is 13.9. The minimum atomic E-state index is -5.33. The van der Waals surface area contributed by atoms with Gasteiger partial charge >= 0.3 is 0 Å². The van der Waals surface area contributed by atoms with Gasteiger partial charge in [0.25, 0.3) is 5.91 Å². The van der Waals surface area contributed by atoms with E-state index in [0.29, 0.717) is 6.07 Å². The minimum Gasteiger partial charge on any atom is -0.393 e. The zero-order chi connectivity index (χ0) is 27.8. The molecule has 2 aromatic carbocycles. The highest BCUT2D eigenvalue weighted by Crippen LogP contribution is 2.51. The van der Waals surface area contributed by atoms with Crippen LogP contribution in [-0.2, 0) is 9.84 Å². The molecule has 172 valence electrons. The zero-order valence-electron chi connectivity index (χ0n) is 21.4. The Hall–Kier alpha value is -2.07. The summed E-state index contributed by atoms with van der Waals surface area (Å²) in [6.45, 7) is -1.03. The van der Waals surface area contributed by atoms with Crippen LogP contribution in [0.1, 0.15) is 42.8 Å². The molecule has 2 aliphatic rings. The van der Waals surface area contributed by atoms with Gasteiger partial charge in [-0.05, 0) is 67.8 Å². The molecule has 4 atom stereocenters. The molecule has 0 saturated heterocycles. The third-order valence-corrected chi connectivity index (χ3v) is 7.88. The Bertz CT molecular complexity index is 1370. The lowest BCUT2D eigenvalue weighted by Crippen LogP contribution is -2.50. The van der Waals surface area contributed by atoms with Crippen molar-refractivity contribution in [1.29, 1.82) is 0 Å². The smallest absolute Gasteiger partial charge is 0.255 e. The standard InChI is InChI=1S/C22H22ClF2NO5S/c23-17-5-1-12(21(28)26-15-4-6-18(24)19(25)10-15)7-20(17)32(30,31)16-8-13-2-3-14(9-16)22(13,29)11-27/h1,4-7,10,13-14,16,27,29H,2-3,8-9,11H2,(H,26,28)/t13-,14?,16?,22?/m0/s1/i8D2,9D2,16D. The summed E-state index contributed by atoms with van der Waals surface area (Å²) >= 11 is 6.10. The first-order chi connectivity index (χ1) is 17.0. The number of benzene rings is 2. The van der Waals surface area contributed by atoms with Crippen LogP contribution in [0.25, 0.3) is 0 Å². The van der Waals surface area contributed by atoms with E-state index in [0.717, 1.165) is 30.3 Å². The third-order valence-electron chi connectivity index (χ3n) is 5.74. The van der Waals surface area contributed by atoms with Crippen LogP contribution in [0.3, 0.4) is 0 Å². The second-order valence-electron chi connectivity index (χ2n) is 7.68. The molecule has 4 rings (SSSR count). The average molecular weight is 491 g/mol. The van der Waals surface area contributed by atoms with Gasteiger partial charge in [0.05, 0.1) is 27.4 Å². The molecule has 2 bridgehead atoms. The maximum Gasteiger partial charge on any atom is 0.255 e. The van der Waals surface area contributed by atoms with E-state index in [-0.39, 0.29) is 24.1 Å². The number of carbonyl (C=O) groups excluding carboxylic acids is 1. The maximum absolute atomic E-state index is 13.9. The summed E-state index contributed by atoms with van der Waals surface area (Å²) in [4.78, 5) is 11.8. The van der Waals surface area contributed by atoms with Crippen molar-refractivity contribution in [1.82, 2.24) is 0 Å². The molecule has 0 heterocycles. The molecular formula is C22H22ClF2NO5S. The summed E-state index contributed by atoms with van der Waals surface area (Å²) in [5.41, 5.74) is -2.80. The van der Waals surface area contributed by atoms with Gasteiger partial charge in [0.1, 0.15) is 0 Å². The topological polar surface area (TPSA) is 104 Å². The largest absolute Gasteiger partial charge is 0.393 e. The quantitative estimate of drug-likeness (QED) is 0.594. The Morgan fingerprint density at radius 3 is 2.44 bits per heavy atom.